The van der Waals surface area contributed by atoms with Crippen LogP contribution in [-0.2, 0) is 62.1 Å². The van der Waals surface area contributed by atoms with Crippen molar-refractivity contribution in [2.45, 2.75) is 57.5 Å². The van der Waals surface area contributed by atoms with Gasteiger partial charge in [-0.15, -0.1) is 5.06 Å². The third-order valence-electron chi connectivity index (χ3n) is 4.70. The fourth-order valence-electron chi connectivity index (χ4n) is 2.90. The number of carbonyl (C=O) groups excluding carboxylic acids is 8. The summed E-state index contributed by atoms with van der Waals surface area (Å²) in [5.41, 5.74) is 0. The molecule has 0 aromatic carbocycles. The predicted octanol–water partition coefficient (Wildman–Crippen LogP) is -0.899. The zero-order valence-electron chi connectivity index (χ0n) is 18.8. The Bertz CT molecular complexity index is 778. The predicted molar refractivity (Wildman–Crippen MR) is 108 cm³/mol. The topological polar surface area (TPSA) is 186 Å². The number of amides is 2. The number of ether oxygens (including phenoxy) is 4. The molecule has 1 aliphatic carbocycles. The SMILES string of the molecule is O=C(CCC(=O)OC1C(=O)CCC1=O)OCCOCCOC(=O)CCC(=O)ON1C(=O)CCC1=O. The fraction of sp³-hybridized carbons (Fsp3) is 0.619. The first-order valence-electron chi connectivity index (χ1n) is 10.9. The second-order valence-corrected chi connectivity index (χ2v) is 7.40. The molecule has 2 amide bonds. The van der Waals surface area contributed by atoms with Gasteiger partial charge in [0, 0.05) is 25.7 Å². The molecule has 0 aromatic rings. The van der Waals surface area contributed by atoms with Crippen LogP contribution >= 0.6 is 0 Å². The molecule has 35 heavy (non-hydrogen) atoms. The maximum atomic E-state index is 11.6. The maximum Gasteiger partial charge on any atom is 0.333 e. The van der Waals surface area contributed by atoms with Crippen molar-refractivity contribution in [3.8, 4) is 0 Å². The highest BCUT2D eigenvalue weighted by molar-refractivity contribution is 6.12. The molecule has 1 aliphatic heterocycles. The lowest BCUT2D eigenvalue weighted by atomic mass is 10.2. The van der Waals surface area contributed by atoms with Gasteiger partial charge in [0.05, 0.1) is 38.9 Å². The van der Waals surface area contributed by atoms with Crippen molar-refractivity contribution in [3.05, 3.63) is 0 Å². The summed E-state index contributed by atoms with van der Waals surface area (Å²) in [5, 5.41) is 0.390. The Morgan fingerprint density at radius 2 is 1.09 bits per heavy atom. The fourth-order valence-corrected chi connectivity index (χ4v) is 2.90. The van der Waals surface area contributed by atoms with E-state index in [4.69, 9.17) is 18.9 Å². The Balaban J connectivity index is 1.43. The lowest BCUT2D eigenvalue weighted by molar-refractivity contribution is -0.197. The highest BCUT2D eigenvalue weighted by Crippen LogP contribution is 2.15. The number of rotatable bonds is 14. The maximum absolute atomic E-state index is 11.6. The lowest BCUT2D eigenvalue weighted by Gasteiger charge is -2.12. The Kier molecular flexibility index (Phi) is 10.9. The second kappa shape index (κ2) is 13.9. The Labute approximate surface area is 199 Å². The molecular weight excluding hydrogens is 474 g/mol. The van der Waals surface area contributed by atoms with Gasteiger partial charge < -0.3 is 23.8 Å². The molecule has 2 fully saturated rings. The summed E-state index contributed by atoms with van der Waals surface area (Å²) in [6.07, 6.45) is -2.70. The number of Topliss-reactive ketones (excluding diaryl/α,β-unsaturated/α-hetero) is 2. The van der Waals surface area contributed by atoms with Crippen LogP contribution in [0.15, 0.2) is 0 Å². The standard InChI is InChI=1S/C21H25NO13/c23-13-1-2-14(24)21(13)34-19(29)7-5-17(27)32-11-9-31-10-12-33-18(28)6-8-20(30)35-22-15(25)3-4-16(22)26/h21H,1-12H2. The van der Waals surface area contributed by atoms with Crippen LogP contribution in [-0.4, -0.2) is 84.9 Å². The first-order chi connectivity index (χ1) is 16.7. The van der Waals surface area contributed by atoms with Gasteiger partial charge in [-0.05, 0) is 0 Å². The Hall–Kier alpha value is -3.68. The van der Waals surface area contributed by atoms with Gasteiger partial charge in [0.15, 0.2) is 11.6 Å². The molecule has 0 radical (unpaired) electrons. The summed E-state index contributed by atoms with van der Waals surface area (Å²) in [6.45, 7) is -0.278. The van der Waals surface area contributed by atoms with Gasteiger partial charge in [0.25, 0.3) is 11.8 Å². The number of esters is 3. The summed E-state index contributed by atoms with van der Waals surface area (Å²) in [5.74, 6) is -5.34. The molecule has 0 spiro atoms. The van der Waals surface area contributed by atoms with E-state index in [2.05, 4.69) is 4.84 Å². The van der Waals surface area contributed by atoms with Crippen LogP contribution in [0, 0.1) is 0 Å². The summed E-state index contributed by atoms with van der Waals surface area (Å²) in [6, 6.07) is 0. The van der Waals surface area contributed by atoms with Crippen molar-refractivity contribution in [2.75, 3.05) is 26.4 Å². The highest BCUT2D eigenvalue weighted by Gasteiger charge is 2.36. The van der Waals surface area contributed by atoms with Crippen molar-refractivity contribution >= 4 is 47.3 Å². The van der Waals surface area contributed by atoms with Gasteiger partial charge in [-0.3, -0.25) is 33.6 Å². The van der Waals surface area contributed by atoms with E-state index in [-0.39, 0.29) is 77.8 Å². The van der Waals surface area contributed by atoms with Crippen LogP contribution in [0.5, 0.6) is 0 Å². The van der Waals surface area contributed by atoms with E-state index in [9.17, 15) is 38.4 Å². The third-order valence-corrected chi connectivity index (χ3v) is 4.70. The molecular formula is C21H25NO13. The van der Waals surface area contributed by atoms with Crippen LogP contribution in [0.3, 0.4) is 0 Å². The molecule has 192 valence electrons. The number of hydrogen-bond donors (Lipinski definition) is 0. The van der Waals surface area contributed by atoms with Crippen LogP contribution in [0.4, 0.5) is 0 Å². The van der Waals surface area contributed by atoms with Crippen LogP contribution < -0.4 is 0 Å². The molecule has 0 aromatic heterocycles. The van der Waals surface area contributed by atoms with Crippen molar-refractivity contribution in [1.82, 2.24) is 5.06 Å². The summed E-state index contributed by atoms with van der Waals surface area (Å²) in [4.78, 5) is 96.5. The van der Waals surface area contributed by atoms with Crippen molar-refractivity contribution in [2.24, 2.45) is 0 Å². The molecule has 1 saturated heterocycles. The lowest BCUT2D eigenvalue weighted by Crippen LogP contribution is -2.32. The average Bonchev–Trinajstić information content (AvgIpc) is 3.31. The summed E-state index contributed by atoms with van der Waals surface area (Å²) >= 11 is 0. The minimum absolute atomic E-state index is 0.0109. The highest BCUT2D eigenvalue weighted by atomic mass is 16.7. The number of imide groups is 1. The molecule has 14 heteroatoms. The Morgan fingerprint density at radius 1 is 0.629 bits per heavy atom. The molecule has 2 rings (SSSR count). The second-order valence-electron chi connectivity index (χ2n) is 7.40. The average molecular weight is 499 g/mol. The van der Waals surface area contributed by atoms with E-state index < -0.39 is 53.4 Å². The largest absolute Gasteiger partial charge is 0.463 e. The van der Waals surface area contributed by atoms with Gasteiger partial charge in [-0.1, -0.05) is 0 Å². The first-order valence-corrected chi connectivity index (χ1v) is 10.9. The van der Waals surface area contributed by atoms with Gasteiger partial charge in [0.2, 0.25) is 6.10 Å². The van der Waals surface area contributed by atoms with E-state index in [1.54, 1.807) is 0 Å². The molecule has 2 aliphatic rings. The third kappa shape index (κ3) is 9.60. The minimum Gasteiger partial charge on any atom is -0.463 e. The van der Waals surface area contributed by atoms with Crippen molar-refractivity contribution < 1.29 is 62.1 Å². The number of ketones is 2. The smallest absolute Gasteiger partial charge is 0.333 e. The molecule has 1 saturated carbocycles. The van der Waals surface area contributed by atoms with Crippen molar-refractivity contribution in [1.29, 1.82) is 0 Å². The van der Waals surface area contributed by atoms with E-state index in [1.807, 2.05) is 0 Å². The van der Waals surface area contributed by atoms with Gasteiger partial charge in [-0.25, -0.2) is 4.79 Å². The number of nitrogens with zero attached hydrogens (tertiary/aromatic N) is 1. The van der Waals surface area contributed by atoms with Gasteiger partial charge >= 0.3 is 23.9 Å². The number of carbonyl (C=O) groups is 8. The quantitative estimate of drug-likeness (QED) is 0.0942. The van der Waals surface area contributed by atoms with Crippen LogP contribution in [0.1, 0.15) is 51.4 Å². The van der Waals surface area contributed by atoms with Crippen LogP contribution in [0.2, 0.25) is 0 Å². The van der Waals surface area contributed by atoms with E-state index >= 15 is 0 Å². The number of hydroxylamine groups is 2. The zero-order chi connectivity index (χ0) is 25.8. The Morgan fingerprint density at radius 3 is 1.60 bits per heavy atom. The van der Waals surface area contributed by atoms with E-state index in [1.165, 1.54) is 0 Å². The molecule has 14 nitrogen and oxygen atoms in total. The van der Waals surface area contributed by atoms with E-state index in [0.29, 0.717) is 5.06 Å². The van der Waals surface area contributed by atoms with E-state index in [0.717, 1.165) is 0 Å². The van der Waals surface area contributed by atoms with Crippen molar-refractivity contribution in [3.63, 3.8) is 0 Å². The first kappa shape index (κ1) is 27.6. The molecule has 0 atom stereocenters. The molecule has 1 heterocycles. The normalized spacial score (nSPS) is 15.9. The monoisotopic (exact) mass is 499 g/mol. The van der Waals surface area contributed by atoms with Gasteiger partial charge in [-0.2, -0.15) is 0 Å². The zero-order valence-corrected chi connectivity index (χ0v) is 18.8. The summed E-state index contributed by atoms with van der Waals surface area (Å²) < 4.78 is 19.6. The van der Waals surface area contributed by atoms with Crippen LogP contribution in [0.25, 0.3) is 0 Å². The molecule has 0 unspecified atom stereocenters. The summed E-state index contributed by atoms with van der Waals surface area (Å²) in [7, 11) is 0. The molecule has 0 bridgehead atoms. The molecule has 0 N–H and O–H groups in total. The number of hydrogen-bond acceptors (Lipinski definition) is 13. The minimum atomic E-state index is -1.37. The van der Waals surface area contributed by atoms with Gasteiger partial charge in [0.1, 0.15) is 13.2 Å².